The summed E-state index contributed by atoms with van der Waals surface area (Å²) in [5.74, 6) is 0.445. The first kappa shape index (κ1) is 13.2. The van der Waals surface area contributed by atoms with E-state index >= 15 is 0 Å². The zero-order valence-corrected chi connectivity index (χ0v) is 10.6. The first-order valence-corrected chi connectivity index (χ1v) is 5.84. The van der Waals surface area contributed by atoms with Crippen LogP contribution in [-0.4, -0.2) is 30.2 Å². The summed E-state index contributed by atoms with van der Waals surface area (Å²) in [5.41, 5.74) is 6.71. The molecule has 0 spiro atoms. The Hall–Kier alpha value is -2.21. The van der Waals surface area contributed by atoms with E-state index in [0.717, 1.165) is 0 Å². The van der Waals surface area contributed by atoms with Crippen molar-refractivity contribution in [2.75, 3.05) is 25.5 Å². The Labute approximate surface area is 110 Å². The minimum atomic E-state index is -0.421. The van der Waals surface area contributed by atoms with E-state index in [4.69, 9.17) is 10.5 Å². The summed E-state index contributed by atoms with van der Waals surface area (Å²) in [5, 5.41) is 3.05. The molecule has 5 nitrogen and oxygen atoms in total. The number of nitrogens with one attached hydrogen (secondary N) is 1. The highest BCUT2D eigenvalue weighted by Crippen LogP contribution is 2.24. The number of nitrogens with zero attached hydrogens (tertiary/aromatic N) is 2. The smallest absolute Gasteiger partial charge is 0.165 e. The van der Waals surface area contributed by atoms with Gasteiger partial charge in [-0.25, -0.2) is 14.4 Å². The minimum absolute atomic E-state index is 0.208. The predicted molar refractivity (Wildman–Crippen MR) is 71.5 cm³/mol. The summed E-state index contributed by atoms with van der Waals surface area (Å²) in [6.07, 6.45) is 1.43. The van der Waals surface area contributed by atoms with Gasteiger partial charge in [-0.2, -0.15) is 0 Å². The van der Waals surface area contributed by atoms with Crippen LogP contribution < -0.4 is 15.8 Å². The first-order valence-electron chi connectivity index (χ1n) is 5.84. The lowest BCUT2D eigenvalue weighted by molar-refractivity contribution is 0.386. The van der Waals surface area contributed by atoms with Crippen molar-refractivity contribution in [3.63, 3.8) is 0 Å². The molecule has 100 valence electrons. The van der Waals surface area contributed by atoms with Crippen molar-refractivity contribution in [2.45, 2.75) is 0 Å². The predicted octanol–water partition coefficient (Wildman–Crippen LogP) is 1.66. The van der Waals surface area contributed by atoms with E-state index in [9.17, 15) is 4.39 Å². The van der Waals surface area contributed by atoms with Crippen LogP contribution in [0.5, 0.6) is 5.75 Å². The average Bonchev–Trinajstić information content (AvgIpc) is 2.45. The third-order valence-electron chi connectivity index (χ3n) is 2.57. The number of halogens is 1. The largest absolute Gasteiger partial charge is 0.494 e. The highest BCUT2D eigenvalue weighted by atomic mass is 19.1. The second-order valence-corrected chi connectivity index (χ2v) is 3.85. The molecule has 1 aromatic carbocycles. The molecule has 1 heterocycles. The lowest BCUT2D eigenvalue weighted by atomic mass is 10.1. The maximum absolute atomic E-state index is 13.6. The van der Waals surface area contributed by atoms with Gasteiger partial charge in [0.25, 0.3) is 0 Å². The third-order valence-corrected chi connectivity index (χ3v) is 2.57. The topological polar surface area (TPSA) is 73.1 Å². The second kappa shape index (κ2) is 6.10. The Morgan fingerprint density at radius 3 is 2.84 bits per heavy atom. The fourth-order valence-electron chi connectivity index (χ4n) is 1.64. The van der Waals surface area contributed by atoms with Gasteiger partial charge in [0.1, 0.15) is 12.1 Å². The molecule has 0 saturated carbocycles. The van der Waals surface area contributed by atoms with Gasteiger partial charge < -0.3 is 15.8 Å². The fraction of sp³-hybridized carbons (Fsp3) is 0.231. The molecule has 0 saturated heterocycles. The lowest BCUT2D eigenvalue weighted by Gasteiger charge is -2.07. The van der Waals surface area contributed by atoms with Crippen molar-refractivity contribution in [1.82, 2.24) is 9.97 Å². The molecule has 0 radical (unpaired) electrons. The maximum Gasteiger partial charge on any atom is 0.165 e. The van der Waals surface area contributed by atoms with Gasteiger partial charge in [-0.15, -0.1) is 0 Å². The molecule has 3 N–H and O–H groups in total. The third kappa shape index (κ3) is 3.17. The number of rotatable bonds is 5. The van der Waals surface area contributed by atoms with Gasteiger partial charge in [-0.05, 0) is 18.2 Å². The number of methoxy groups -OCH3 is 1. The van der Waals surface area contributed by atoms with Crippen LogP contribution in [0.4, 0.5) is 10.2 Å². The van der Waals surface area contributed by atoms with Gasteiger partial charge in [0.15, 0.2) is 11.6 Å². The van der Waals surface area contributed by atoms with E-state index in [1.807, 2.05) is 0 Å². The van der Waals surface area contributed by atoms with Crippen LogP contribution in [0, 0.1) is 5.82 Å². The summed E-state index contributed by atoms with van der Waals surface area (Å²) in [7, 11) is 1.43. The van der Waals surface area contributed by atoms with Crippen molar-refractivity contribution >= 4 is 5.82 Å². The van der Waals surface area contributed by atoms with Crippen LogP contribution in [0.25, 0.3) is 11.3 Å². The average molecular weight is 262 g/mol. The lowest BCUT2D eigenvalue weighted by Crippen LogP contribution is -2.13. The van der Waals surface area contributed by atoms with Gasteiger partial charge in [0.2, 0.25) is 0 Å². The molecule has 19 heavy (non-hydrogen) atoms. The number of hydrogen-bond donors (Lipinski definition) is 2. The summed E-state index contributed by atoms with van der Waals surface area (Å²) in [4.78, 5) is 8.19. The molecule has 2 aromatic rings. The Balaban J connectivity index is 2.28. The van der Waals surface area contributed by atoms with Gasteiger partial charge in [-0.1, -0.05) is 0 Å². The van der Waals surface area contributed by atoms with Gasteiger partial charge in [-0.3, -0.25) is 0 Å². The summed E-state index contributed by atoms with van der Waals surface area (Å²) >= 11 is 0. The molecule has 0 atom stereocenters. The molecule has 0 unspecified atom stereocenters. The fourth-order valence-corrected chi connectivity index (χ4v) is 1.64. The molecule has 0 aliphatic heterocycles. The van der Waals surface area contributed by atoms with Gasteiger partial charge in [0.05, 0.1) is 12.8 Å². The first-order chi connectivity index (χ1) is 9.24. The monoisotopic (exact) mass is 262 g/mol. The molecule has 0 amide bonds. The number of aromatic nitrogens is 2. The standard InChI is InChI=1S/C13H15FN4O/c1-19-12-3-2-9(6-10(12)14)11-7-13(16-5-4-15)18-8-17-11/h2-3,6-8H,4-5,15H2,1H3,(H,16,17,18). The number of hydrogen-bond acceptors (Lipinski definition) is 5. The zero-order valence-electron chi connectivity index (χ0n) is 10.6. The van der Waals surface area contributed by atoms with Crippen LogP contribution in [0.2, 0.25) is 0 Å². The van der Waals surface area contributed by atoms with Crippen molar-refractivity contribution in [3.05, 3.63) is 36.4 Å². The van der Waals surface area contributed by atoms with Crippen LogP contribution >= 0.6 is 0 Å². The molecular weight excluding hydrogens is 247 g/mol. The van der Waals surface area contributed by atoms with E-state index < -0.39 is 5.82 Å². The van der Waals surface area contributed by atoms with Crippen molar-refractivity contribution < 1.29 is 9.13 Å². The maximum atomic E-state index is 13.6. The van der Waals surface area contributed by atoms with Crippen LogP contribution in [0.15, 0.2) is 30.6 Å². The number of nitrogens with two attached hydrogens (primary N) is 1. The normalized spacial score (nSPS) is 10.3. The zero-order chi connectivity index (χ0) is 13.7. The molecule has 0 bridgehead atoms. The quantitative estimate of drug-likeness (QED) is 0.857. The minimum Gasteiger partial charge on any atom is -0.494 e. The van der Waals surface area contributed by atoms with Crippen molar-refractivity contribution in [1.29, 1.82) is 0 Å². The molecular formula is C13H15FN4O. The van der Waals surface area contributed by atoms with Crippen LogP contribution in [0.3, 0.4) is 0 Å². The Morgan fingerprint density at radius 1 is 1.32 bits per heavy atom. The molecule has 0 aliphatic rings. The highest BCUT2D eigenvalue weighted by molar-refractivity contribution is 5.63. The molecule has 6 heteroatoms. The molecule has 0 aliphatic carbocycles. The van der Waals surface area contributed by atoms with Gasteiger partial charge >= 0.3 is 0 Å². The number of anilines is 1. The Bertz CT molecular complexity index is 562. The molecule has 0 fully saturated rings. The summed E-state index contributed by atoms with van der Waals surface area (Å²) in [6, 6.07) is 6.45. The summed E-state index contributed by atoms with van der Waals surface area (Å²) < 4.78 is 18.5. The second-order valence-electron chi connectivity index (χ2n) is 3.85. The Kier molecular flexibility index (Phi) is 4.25. The van der Waals surface area contributed by atoms with E-state index in [1.165, 1.54) is 19.5 Å². The SMILES string of the molecule is COc1ccc(-c2cc(NCCN)ncn2)cc1F. The highest BCUT2D eigenvalue weighted by Gasteiger charge is 2.07. The van der Waals surface area contributed by atoms with E-state index in [0.29, 0.717) is 30.2 Å². The molecule has 1 aromatic heterocycles. The number of ether oxygens (including phenoxy) is 1. The van der Waals surface area contributed by atoms with Gasteiger partial charge in [0, 0.05) is 24.7 Å². The van der Waals surface area contributed by atoms with E-state index in [2.05, 4.69) is 15.3 Å². The van der Waals surface area contributed by atoms with E-state index in [1.54, 1.807) is 18.2 Å². The van der Waals surface area contributed by atoms with Crippen molar-refractivity contribution in [3.8, 4) is 17.0 Å². The Morgan fingerprint density at radius 2 is 2.16 bits per heavy atom. The molecule has 2 rings (SSSR count). The van der Waals surface area contributed by atoms with E-state index in [-0.39, 0.29) is 5.75 Å². The summed E-state index contributed by atoms with van der Waals surface area (Å²) in [6.45, 7) is 1.13. The number of benzene rings is 1. The van der Waals surface area contributed by atoms with Crippen molar-refractivity contribution in [2.24, 2.45) is 5.73 Å². The van der Waals surface area contributed by atoms with Crippen LogP contribution in [-0.2, 0) is 0 Å². The van der Waals surface area contributed by atoms with Crippen LogP contribution in [0.1, 0.15) is 0 Å².